The lowest BCUT2D eigenvalue weighted by molar-refractivity contribution is 0.0697. The Hall–Kier alpha value is -3.97. The second kappa shape index (κ2) is 9.35. The van der Waals surface area contributed by atoms with E-state index in [1.165, 1.54) is 5.56 Å². The van der Waals surface area contributed by atoms with E-state index in [1.54, 1.807) is 30.5 Å². The molecule has 5 rings (SSSR count). The molecule has 1 aliphatic rings. The van der Waals surface area contributed by atoms with Crippen LogP contribution in [0.1, 0.15) is 59.2 Å². The number of rotatable bonds is 6. The summed E-state index contributed by atoms with van der Waals surface area (Å²) < 4.78 is 6.33. The van der Waals surface area contributed by atoms with E-state index in [1.807, 2.05) is 35.2 Å². The van der Waals surface area contributed by atoms with Crippen LogP contribution < -0.4 is 10.2 Å². The quantitative estimate of drug-likeness (QED) is 0.310. The highest BCUT2D eigenvalue weighted by atomic mass is 32.1. The molecule has 0 amide bonds. The molecule has 0 bridgehead atoms. The summed E-state index contributed by atoms with van der Waals surface area (Å²) in [5.41, 5.74) is 3.75. The van der Waals surface area contributed by atoms with Crippen molar-refractivity contribution in [3.05, 3.63) is 108 Å². The minimum absolute atomic E-state index is 0.191. The summed E-state index contributed by atoms with van der Waals surface area (Å²) in [5.74, 6) is 0.578. The zero-order valence-corrected chi connectivity index (χ0v) is 20.2. The van der Waals surface area contributed by atoms with Crippen LogP contribution in [0.2, 0.25) is 0 Å². The van der Waals surface area contributed by atoms with Crippen molar-refractivity contribution in [3.8, 4) is 11.3 Å². The monoisotopic (exact) mass is 483 g/mol. The summed E-state index contributed by atoms with van der Waals surface area (Å²) in [6, 6.07) is 24.1. The Bertz CT molecular complexity index is 1370. The van der Waals surface area contributed by atoms with Crippen molar-refractivity contribution in [2.24, 2.45) is 0 Å². The number of furan rings is 1. The van der Waals surface area contributed by atoms with Crippen molar-refractivity contribution in [2.45, 2.75) is 31.8 Å². The zero-order chi connectivity index (χ0) is 24.5. The molecule has 2 aromatic carbocycles. The molecule has 0 unspecified atom stereocenters. The molecule has 0 aliphatic carbocycles. The van der Waals surface area contributed by atoms with Gasteiger partial charge in [0.2, 0.25) is 0 Å². The zero-order valence-electron chi connectivity index (χ0n) is 19.4. The molecule has 1 aliphatic heterocycles. The van der Waals surface area contributed by atoms with Gasteiger partial charge in [-0.15, -0.1) is 0 Å². The van der Waals surface area contributed by atoms with Gasteiger partial charge in [0.05, 0.1) is 17.3 Å². The second-order valence-electron chi connectivity index (χ2n) is 8.80. The maximum absolute atomic E-state index is 11.8. The topological polar surface area (TPSA) is 78.6 Å². The number of anilines is 1. The van der Waals surface area contributed by atoms with Crippen LogP contribution in [0.5, 0.6) is 0 Å². The Kier molecular flexibility index (Phi) is 6.09. The molecule has 2 aromatic heterocycles. The van der Waals surface area contributed by atoms with E-state index in [-0.39, 0.29) is 17.6 Å². The highest BCUT2D eigenvalue weighted by Gasteiger charge is 2.42. The average Bonchev–Trinajstić information content (AvgIpc) is 3.49. The van der Waals surface area contributed by atoms with Gasteiger partial charge in [-0.2, -0.15) is 0 Å². The molecule has 0 spiro atoms. The van der Waals surface area contributed by atoms with E-state index in [0.29, 0.717) is 28.1 Å². The molecule has 1 saturated heterocycles. The minimum Gasteiger partial charge on any atom is -0.478 e. The molecule has 176 valence electrons. The molecule has 1 fully saturated rings. The number of aromatic carboxylic acids is 1. The van der Waals surface area contributed by atoms with E-state index >= 15 is 0 Å². The Morgan fingerprint density at radius 3 is 2.46 bits per heavy atom. The van der Waals surface area contributed by atoms with Gasteiger partial charge in [-0.1, -0.05) is 50.2 Å². The number of pyridine rings is 1. The lowest BCUT2D eigenvalue weighted by Crippen LogP contribution is -2.29. The van der Waals surface area contributed by atoms with Crippen LogP contribution in [0, 0.1) is 0 Å². The summed E-state index contributed by atoms with van der Waals surface area (Å²) in [7, 11) is 0. The fourth-order valence-electron chi connectivity index (χ4n) is 4.48. The summed E-state index contributed by atoms with van der Waals surface area (Å²) in [6.07, 6.45) is 1.76. The first-order valence-electron chi connectivity index (χ1n) is 11.5. The first-order chi connectivity index (χ1) is 16.9. The van der Waals surface area contributed by atoms with Crippen LogP contribution in [0.15, 0.2) is 89.5 Å². The fourth-order valence-corrected chi connectivity index (χ4v) is 4.83. The number of hydrogen-bond donors (Lipinski definition) is 2. The van der Waals surface area contributed by atoms with Gasteiger partial charge in [0.15, 0.2) is 5.11 Å². The van der Waals surface area contributed by atoms with Gasteiger partial charge < -0.3 is 19.7 Å². The predicted octanol–water partition coefficient (Wildman–Crippen LogP) is 6.34. The summed E-state index contributed by atoms with van der Waals surface area (Å²) in [6.45, 7) is 4.33. The number of carboxylic acids is 1. The van der Waals surface area contributed by atoms with Crippen molar-refractivity contribution >= 4 is 29.0 Å². The molecule has 0 saturated carbocycles. The third kappa shape index (κ3) is 4.31. The van der Waals surface area contributed by atoms with Crippen molar-refractivity contribution in [1.82, 2.24) is 10.3 Å². The van der Waals surface area contributed by atoms with E-state index in [4.69, 9.17) is 16.6 Å². The Morgan fingerprint density at radius 1 is 1.03 bits per heavy atom. The molecule has 0 radical (unpaired) electrons. The van der Waals surface area contributed by atoms with E-state index in [9.17, 15) is 9.90 Å². The normalized spacial score (nSPS) is 17.6. The van der Waals surface area contributed by atoms with Gasteiger partial charge in [0.1, 0.15) is 17.6 Å². The van der Waals surface area contributed by atoms with Crippen molar-refractivity contribution < 1.29 is 14.3 Å². The number of nitrogens with zero attached hydrogens (tertiary/aromatic N) is 2. The van der Waals surface area contributed by atoms with Crippen LogP contribution >= 0.6 is 12.2 Å². The van der Waals surface area contributed by atoms with Gasteiger partial charge in [-0.3, -0.25) is 4.98 Å². The molecule has 2 N–H and O–H groups in total. The molecule has 7 heteroatoms. The Morgan fingerprint density at radius 2 is 1.77 bits per heavy atom. The van der Waals surface area contributed by atoms with Crippen LogP contribution in [0.4, 0.5) is 5.69 Å². The highest BCUT2D eigenvalue weighted by Crippen LogP contribution is 2.43. The van der Waals surface area contributed by atoms with Gasteiger partial charge in [0.25, 0.3) is 0 Å². The van der Waals surface area contributed by atoms with Crippen LogP contribution in [0.3, 0.4) is 0 Å². The SMILES string of the molecule is CC(C)c1ccc(N2C(=S)N[C@H](c3ccccn3)[C@@H]2c2ccc(-c3ccccc3C(=O)O)o2)cc1. The van der Waals surface area contributed by atoms with Crippen LogP contribution in [0.25, 0.3) is 11.3 Å². The standard InChI is InChI=1S/C28H25N3O3S/c1-17(2)18-10-12-19(13-11-18)31-26(25(30-28(31)35)22-9-5-6-16-29-22)24-15-14-23(34-24)20-7-3-4-8-21(20)27(32)33/h3-17,25-26H,1-2H3,(H,30,35)(H,32,33)/t25-,26+/m1/s1. The molecular formula is C28H25N3O3S. The number of hydrogen-bond acceptors (Lipinski definition) is 4. The number of carbonyl (C=O) groups is 1. The smallest absolute Gasteiger partial charge is 0.336 e. The van der Waals surface area contributed by atoms with Crippen molar-refractivity contribution in [1.29, 1.82) is 0 Å². The molecule has 6 nitrogen and oxygen atoms in total. The number of nitrogens with one attached hydrogen (secondary N) is 1. The van der Waals surface area contributed by atoms with Gasteiger partial charge >= 0.3 is 5.97 Å². The van der Waals surface area contributed by atoms with Crippen LogP contribution in [-0.4, -0.2) is 21.2 Å². The summed E-state index contributed by atoms with van der Waals surface area (Å²) >= 11 is 5.78. The Balaban J connectivity index is 1.60. The third-order valence-corrected chi connectivity index (χ3v) is 6.59. The minimum atomic E-state index is -1.000. The van der Waals surface area contributed by atoms with Crippen LogP contribution in [-0.2, 0) is 0 Å². The maximum Gasteiger partial charge on any atom is 0.336 e. The molecule has 2 atom stereocenters. The molecule has 3 heterocycles. The largest absolute Gasteiger partial charge is 0.478 e. The highest BCUT2D eigenvalue weighted by molar-refractivity contribution is 7.80. The number of carboxylic acid groups (broad SMARTS) is 1. The Labute approximate surface area is 209 Å². The number of aromatic nitrogens is 1. The number of benzene rings is 2. The first kappa shape index (κ1) is 22.8. The fraction of sp³-hybridized carbons (Fsp3) is 0.179. The van der Waals surface area contributed by atoms with Gasteiger partial charge in [-0.05, 0) is 66.2 Å². The molecule has 35 heavy (non-hydrogen) atoms. The number of thiocarbonyl (C=S) groups is 1. The average molecular weight is 484 g/mol. The lowest BCUT2D eigenvalue weighted by Gasteiger charge is -2.26. The van der Waals surface area contributed by atoms with Crippen molar-refractivity contribution in [2.75, 3.05) is 4.90 Å². The molecular weight excluding hydrogens is 458 g/mol. The second-order valence-corrected chi connectivity index (χ2v) is 9.18. The summed E-state index contributed by atoms with van der Waals surface area (Å²) in [5, 5.41) is 13.6. The first-order valence-corrected chi connectivity index (χ1v) is 11.9. The predicted molar refractivity (Wildman–Crippen MR) is 140 cm³/mol. The van der Waals surface area contributed by atoms with Gasteiger partial charge in [0, 0.05) is 17.4 Å². The maximum atomic E-state index is 11.8. The van der Waals surface area contributed by atoms with Crippen molar-refractivity contribution in [3.63, 3.8) is 0 Å². The van der Waals surface area contributed by atoms with Gasteiger partial charge in [-0.25, -0.2) is 4.79 Å². The van der Waals surface area contributed by atoms with E-state index in [0.717, 1.165) is 11.4 Å². The lowest BCUT2D eigenvalue weighted by atomic mass is 10.0. The summed E-state index contributed by atoms with van der Waals surface area (Å²) in [4.78, 5) is 18.4. The van der Waals surface area contributed by atoms with E-state index in [2.05, 4.69) is 48.4 Å². The molecule has 4 aromatic rings. The third-order valence-electron chi connectivity index (χ3n) is 6.28. The van der Waals surface area contributed by atoms with E-state index < -0.39 is 5.97 Å².